The quantitative estimate of drug-likeness (QED) is 0.383. The van der Waals surface area contributed by atoms with Crippen molar-refractivity contribution in [1.82, 2.24) is 10.3 Å². The maximum absolute atomic E-state index is 11.8. The van der Waals surface area contributed by atoms with Crippen LogP contribution in [0, 0.1) is 27.7 Å². The van der Waals surface area contributed by atoms with E-state index in [1.807, 2.05) is 26.8 Å². The number of benzene rings is 1. The van der Waals surface area contributed by atoms with Crippen LogP contribution in [0.2, 0.25) is 0 Å². The number of aldehydes is 1. The topological polar surface area (TPSA) is 44.9 Å². The molecule has 1 aromatic carbocycles. The van der Waals surface area contributed by atoms with Crippen LogP contribution in [0.15, 0.2) is 24.8 Å². The first-order chi connectivity index (χ1) is 12.4. The van der Waals surface area contributed by atoms with E-state index in [2.05, 4.69) is 48.9 Å². The van der Waals surface area contributed by atoms with Gasteiger partial charge in [-0.05, 0) is 56.9 Å². The minimum atomic E-state index is 0.687. The second kappa shape index (κ2) is 8.70. The Kier molecular flexibility index (Phi) is 6.62. The number of aromatic nitrogens is 1. The fraction of sp³-hybridized carbons (Fsp3) is 0.348. The van der Waals surface area contributed by atoms with Crippen molar-refractivity contribution in [2.75, 3.05) is 6.54 Å². The lowest BCUT2D eigenvalue weighted by Crippen LogP contribution is -2.13. The van der Waals surface area contributed by atoms with Crippen molar-refractivity contribution >= 4 is 23.6 Å². The van der Waals surface area contributed by atoms with Gasteiger partial charge in [0.2, 0.25) is 0 Å². The van der Waals surface area contributed by atoms with Crippen LogP contribution in [0.3, 0.4) is 0 Å². The van der Waals surface area contributed by atoms with Crippen molar-refractivity contribution in [3.05, 3.63) is 64.0 Å². The molecule has 2 N–H and O–H groups in total. The van der Waals surface area contributed by atoms with Crippen LogP contribution in [-0.2, 0) is 4.79 Å². The fourth-order valence-corrected chi connectivity index (χ4v) is 3.25. The number of carbonyl (C=O) groups is 1. The van der Waals surface area contributed by atoms with Crippen LogP contribution in [0.25, 0.3) is 17.3 Å². The number of hydrogen-bond acceptors (Lipinski definition) is 2. The van der Waals surface area contributed by atoms with E-state index in [1.54, 1.807) is 0 Å². The molecule has 0 spiro atoms. The minimum absolute atomic E-state index is 0.687. The molecule has 26 heavy (non-hydrogen) atoms. The number of aromatic amines is 1. The standard InChI is InChI=1S/C23H30N2O/c1-7-8-11-24-18(5)23-17(4)22(25-19(23)6)13-20(14-26)21-12-15(2)9-10-16(21)3/h9-10,12-14,24-25H,5,7-8,11H2,1-4,6H3/b20-13+. The molecule has 0 saturated carbocycles. The molecule has 0 radical (unpaired) electrons. The molecule has 0 aliphatic rings. The highest BCUT2D eigenvalue weighted by molar-refractivity contribution is 6.14. The zero-order chi connectivity index (χ0) is 19.3. The summed E-state index contributed by atoms with van der Waals surface area (Å²) in [6, 6.07) is 6.18. The summed E-state index contributed by atoms with van der Waals surface area (Å²) < 4.78 is 0. The zero-order valence-corrected chi connectivity index (χ0v) is 16.6. The Labute approximate surface area is 157 Å². The first kappa shape index (κ1) is 19.8. The number of allylic oxidation sites excluding steroid dienone is 1. The lowest BCUT2D eigenvalue weighted by atomic mass is 9.97. The number of H-pyrrole nitrogens is 1. The molecule has 1 aromatic heterocycles. The first-order valence-electron chi connectivity index (χ1n) is 9.25. The molecule has 2 aromatic rings. The number of carbonyl (C=O) groups excluding carboxylic acids is 1. The van der Waals surface area contributed by atoms with Gasteiger partial charge in [0.15, 0.2) is 6.29 Å². The molecule has 0 aliphatic heterocycles. The Morgan fingerprint density at radius 1 is 1.23 bits per heavy atom. The average molecular weight is 351 g/mol. The van der Waals surface area contributed by atoms with Gasteiger partial charge in [-0.15, -0.1) is 0 Å². The van der Waals surface area contributed by atoms with Gasteiger partial charge >= 0.3 is 0 Å². The molecule has 0 fully saturated rings. The first-order valence-corrected chi connectivity index (χ1v) is 9.25. The van der Waals surface area contributed by atoms with Crippen molar-refractivity contribution in [3.8, 4) is 0 Å². The van der Waals surface area contributed by atoms with Crippen LogP contribution in [0.1, 0.15) is 59.0 Å². The molecule has 3 nitrogen and oxygen atoms in total. The lowest BCUT2D eigenvalue weighted by Gasteiger charge is -2.10. The van der Waals surface area contributed by atoms with Crippen LogP contribution in [-0.4, -0.2) is 17.8 Å². The summed E-state index contributed by atoms with van der Waals surface area (Å²) in [7, 11) is 0. The highest BCUT2D eigenvalue weighted by Crippen LogP contribution is 2.27. The monoisotopic (exact) mass is 350 g/mol. The van der Waals surface area contributed by atoms with E-state index in [-0.39, 0.29) is 0 Å². The van der Waals surface area contributed by atoms with Gasteiger partial charge in [-0.1, -0.05) is 43.7 Å². The van der Waals surface area contributed by atoms with Crippen LogP contribution < -0.4 is 5.32 Å². The normalized spacial score (nSPS) is 11.5. The van der Waals surface area contributed by atoms with Gasteiger partial charge < -0.3 is 10.3 Å². The molecular weight excluding hydrogens is 320 g/mol. The Morgan fingerprint density at radius 2 is 1.96 bits per heavy atom. The number of rotatable bonds is 8. The molecule has 0 atom stereocenters. The van der Waals surface area contributed by atoms with Gasteiger partial charge in [0.05, 0.1) is 0 Å². The number of hydrogen-bond donors (Lipinski definition) is 2. The van der Waals surface area contributed by atoms with Crippen LogP contribution in [0.4, 0.5) is 0 Å². The molecular formula is C23H30N2O. The molecule has 0 unspecified atom stereocenters. The Hall–Kier alpha value is -2.55. The molecule has 138 valence electrons. The summed E-state index contributed by atoms with van der Waals surface area (Å²) in [5.41, 5.74) is 9.09. The number of nitrogens with one attached hydrogen (secondary N) is 2. The molecule has 3 heteroatoms. The third-order valence-corrected chi connectivity index (χ3v) is 4.78. The van der Waals surface area contributed by atoms with E-state index in [1.165, 1.54) is 0 Å². The van der Waals surface area contributed by atoms with E-state index < -0.39 is 0 Å². The van der Waals surface area contributed by atoms with E-state index in [4.69, 9.17) is 0 Å². The van der Waals surface area contributed by atoms with Crippen LogP contribution in [0.5, 0.6) is 0 Å². The van der Waals surface area contributed by atoms with Crippen molar-refractivity contribution in [1.29, 1.82) is 0 Å². The van der Waals surface area contributed by atoms with E-state index in [0.29, 0.717) is 5.57 Å². The summed E-state index contributed by atoms with van der Waals surface area (Å²) in [5.74, 6) is 0. The van der Waals surface area contributed by atoms with Gasteiger partial charge in [-0.25, -0.2) is 0 Å². The van der Waals surface area contributed by atoms with Gasteiger partial charge in [-0.2, -0.15) is 0 Å². The fourth-order valence-electron chi connectivity index (χ4n) is 3.25. The maximum atomic E-state index is 11.8. The molecule has 0 aliphatic carbocycles. The third kappa shape index (κ3) is 4.34. The van der Waals surface area contributed by atoms with Gasteiger partial charge in [-0.3, -0.25) is 4.79 Å². The lowest BCUT2D eigenvalue weighted by molar-refractivity contribution is -0.103. The Morgan fingerprint density at radius 3 is 2.62 bits per heavy atom. The third-order valence-electron chi connectivity index (χ3n) is 4.78. The highest BCUT2D eigenvalue weighted by atomic mass is 16.1. The van der Waals surface area contributed by atoms with Gasteiger partial charge in [0.25, 0.3) is 0 Å². The molecule has 0 amide bonds. The predicted molar refractivity (Wildman–Crippen MR) is 112 cm³/mol. The molecule has 0 saturated heterocycles. The summed E-state index contributed by atoms with van der Waals surface area (Å²) >= 11 is 0. The summed E-state index contributed by atoms with van der Waals surface area (Å²) in [4.78, 5) is 15.2. The number of aryl methyl sites for hydroxylation is 3. The van der Waals surface area contributed by atoms with Gasteiger partial charge in [0.1, 0.15) is 0 Å². The second-order valence-corrected chi connectivity index (χ2v) is 6.96. The van der Waals surface area contributed by atoms with E-state index >= 15 is 0 Å². The number of unbranched alkanes of at least 4 members (excludes halogenated alkanes) is 1. The predicted octanol–water partition coefficient (Wildman–Crippen LogP) is 5.35. The Bertz CT molecular complexity index is 840. The molecule has 1 heterocycles. The van der Waals surface area contributed by atoms with Crippen molar-refractivity contribution in [3.63, 3.8) is 0 Å². The summed E-state index contributed by atoms with van der Waals surface area (Å²) in [6.45, 7) is 15.5. The summed E-state index contributed by atoms with van der Waals surface area (Å²) in [6.07, 6.45) is 5.15. The Balaban J connectivity index is 2.40. The van der Waals surface area contributed by atoms with Crippen molar-refractivity contribution < 1.29 is 4.79 Å². The van der Waals surface area contributed by atoms with Crippen LogP contribution >= 0.6 is 0 Å². The largest absolute Gasteiger partial charge is 0.385 e. The SMILES string of the molecule is C=C(NCCCC)c1c(C)[nH]c(/C=C(\C=O)c2cc(C)ccc2C)c1C. The minimum Gasteiger partial charge on any atom is -0.385 e. The van der Waals surface area contributed by atoms with Crippen molar-refractivity contribution in [2.24, 2.45) is 0 Å². The molecule has 2 rings (SSSR count). The second-order valence-electron chi connectivity index (χ2n) is 6.96. The molecule has 0 bridgehead atoms. The van der Waals surface area contributed by atoms with E-state index in [9.17, 15) is 4.79 Å². The van der Waals surface area contributed by atoms with E-state index in [0.717, 1.165) is 70.6 Å². The average Bonchev–Trinajstić information content (AvgIpc) is 2.88. The van der Waals surface area contributed by atoms with Crippen molar-refractivity contribution in [2.45, 2.75) is 47.5 Å². The smallest absolute Gasteiger partial charge is 0.150 e. The zero-order valence-electron chi connectivity index (χ0n) is 16.6. The highest BCUT2D eigenvalue weighted by Gasteiger charge is 2.14. The van der Waals surface area contributed by atoms with Gasteiger partial charge in [0, 0.05) is 34.8 Å². The summed E-state index contributed by atoms with van der Waals surface area (Å²) in [5, 5.41) is 3.41. The maximum Gasteiger partial charge on any atom is 0.150 e.